The summed E-state index contributed by atoms with van der Waals surface area (Å²) in [4.78, 5) is 5.32. The molecule has 3 nitrogen and oxygen atoms in total. The van der Waals surface area contributed by atoms with E-state index in [2.05, 4.69) is 17.2 Å². The Morgan fingerprint density at radius 3 is 3.00 bits per heavy atom. The van der Waals surface area contributed by atoms with E-state index in [0.29, 0.717) is 0 Å². The number of thiazole rings is 1. The Kier molecular flexibility index (Phi) is 7.42. The van der Waals surface area contributed by atoms with Gasteiger partial charge >= 0.3 is 0 Å². The number of unbranched alkanes of at least 4 members (excludes halogenated alkanes) is 1. The Bertz CT molecular complexity index is 227. The average Bonchev–Trinajstić information content (AvgIpc) is 2.75. The second-order valence-electron chi connectivity index (χ2n) is 3.46. The van der Waals surface area contributed by atoms with Gasteiger partial charge in [0.2, 0.25) is 0 Å². The lowest BCUT2D eigenvalue weighted by Crippen LogP contribution is -2.15. The van der Waals surface area contributed by atoms with Crippen molar-refractivity contribution in [2.24, 2.45) is 0 Å². The number of rotatable bonds is 9. The van der Waals surface area contributed by atoms with E-state index in [4.69, 9.17) is 4.74 Å². The molecular weight excluding hydrogens is 208 g/mol. The molecule has 1 rings (SSSR count). The molecule has 1 aromatic heterocycles. The van der Waals surface area contributed by atoms with Gasteiger partial charge in [0.15, 0.2) is 0 Å². The molecule has 0 saturated carbocycles. The van der Waals surface area contributed by atoms with Gasteiger partial charge in [-0.1, -0.05) is 13.3 Å². The van der Waals surface area contributed by atoms with Crippen molar-refractivity contribution in [3.05, 3.63) is 16.6 Å². The van der Waals surface area contributed by atoms with Crippen LogP contribution in [0.3, 0.4) is 0 Å². The molecule has 0 radical (unpaired) electrons. The SMILES string of the molecule is CCCCOCCCNCc1cncs1. The van der Waals surface area contributed by atoms with Crippen molar-refractivity contribution >= 4 is 11.3 Å². The van der Waals surface area contributed by atoms with Crippen LogP contribution >= 0.6 is 11.3 Å². The van der Waals surface area contributed by atoms with E-state index in [1.165, 1.54) is 17.7 Å². The van der Waals surface area contributed by atoms with E-state index in [1.54, 1.807) is 11.3 Å². The zero-order valence-electron chi connectivity index (χ0n) is 9.37. The van der Waals surface area contributed by atoms with Gasteiger partial charge in [0, 0.05) is 30.8 Å². The number of nitrogens with zero attached hydrogens (tertiary/aromatic N) is 1. The van der Waals surface area contributed by atoms with Crippen molar-refractivity contribution < 1.29 is 4.74 Å². The molecule has 1 aromatic rings. The van der Waals surface area contributed by atoms with Gasteiger partial charge in [-0.2, -0.15) is 0 Å². The Morgan fingerprint density at radius 1 is 1.40 bits per heavy atom. The van der Waals surface area contributed by atoms with E-state index >= 15 is 0 Å². The van der Waals surface area contributed by atoms with Crippen LogP contribution in [0.2, 0.25) is 0 Å². The predicted molar refractivity (Wildman–Crippen MR) is 64.2 cm³/mol. The third kappa shape index (κ3) is 6.60. The fourth-order valence-electron chi connectivity index (χ4n) is 1.19. The fourth-order valence-corrected chi connectivity index (χ4v) is 1.75. The van der Waals surface area contributed by atoms with E-state index in [0.717, 1.165) is 32.7 Å². The molecule has 0 amide bonds. The standard InChI is InChI=1S/C11H20N2OS/c1-2-3-6-14-7-4-5-12-8-11-9-13-10-15-11/h9-10,12H,2-8H2,1H3. The number of ether oxygens (including phenoxy) is 1. The molecule has 0 bridgehead atoms. The minimum atomic E-state index is 0.871. The Hall–Kier alpha value is -0.450. The van der Waals surface area contributed by atoms with Crippen LogP contribution in [0.15, 0.2) is 11.7 Å². The van der Waals surface area contributed by atoms with Crippen molar-refractivity contribution in [1.29, 1.82) is 0 Å². The van der Waals surface area contributed by atoms with Gasteiger partial charge in [0.1, 0.15) is 0 Å². The molecule has 1 N–H and O–H groups in total. The Balaban J connectivity index is 1.81. The minimum absolute atomic E-state index is 0.871. The highest BCUT2D eigenvalue weighted by Gasteiger charge is 1.93. The van der Waals surface area contributed by atoms with Crippen molar-refractivity contribution in [2.75, 3.05) is 19.8 Å². The molecular formula is C11H20N2OS. The van der Waals surface area contributed by atoms with Gasteiger partial charge in [-0.3, -0.25) is 4.98 Å². The monoisotopic (exact) mass is 228 g/mol. The topological polar surface area (TPSA) is 34.1 Å². The van der Waals surface area contributed by atoms with Gasteiger partial charge in [-0.25, -0.2) is 0 Å². The predicted octanol–water partition coefficient (Wildman–Crippen LogP) is 2.44. The zero-order valence-corrected chi connectivity index (χ0v) is 10.2. The molecule has 0 saturated heterocycles. The van der Waals surface area contributed by atoms with Crippen LogP contribution in [0.5, 0.6) is 0 Å². The van der Waals surface area contributed by atoms with E-state index < -0.39 is 0 Å². The summed E-state index contributed by atoms with van der Waals surface area (Å²) in [5, 5.41) is 3.37. The van der Waals surface area contributed by atoms with Crippen LogP contribution in [0.4, 0.5) is 0 Å². The maximum atomic E-state index is 5.46. The Labute approximate surface area is 95.9 Å². The maximum absolute atomic E-state index is 5.46. The molecule has 86 valence electrons. The van der Waals surface area contributed by atoms with Gasteiger partial charge in [-0.05, 0) is 19.4 Å². The second-order valence-corrected chi connectivity index (χ2v) is 4.43. The molecule has 0 aliphatic rings. The average molecular weight is 228 g/mol. The number of aromatic nitrogens is 1. The van der Waals surface area contributed by atoms with Crippen LogP contribution in [-0.4, -0.2) is 24.7 Å². The molecule has 0 aromatic carbocycles. The van der Waals surface area contributed by atoms with Crippen LogP contribution in [-0.2, 0) is 11.3 Å². The molecule has 0 fully saturated rings. The van der Waals surface area contributed by atoms with Crippen molar-refractivity contribution in [3.8, 4) is 0 Å². The molecule has 0 unspecified atom stereocenters. The summed E-state index contributed by atoms with van der Waals surface area (Å²) >= 11 is 1.69. The molecule has 0 aliphatic heterocycles. The summed E-state index contributed by atoms with van der Waals surface area (Å²) in [6, 6.07) is 0. The lowest BCUT2D eigenvalue weighted by Gasteiger charge is -2.04. The van der Waals surface area contributed by atoms with Crippen molar-refractivity contribution in [2.45, 2.75) is 32.7 Å². The van der Waals surface area contributed by atoms with E-state index in [9.17, 15) is 0 Å². The number of hydrogen-bond donors (Lipinski definition) is 1. The van der Waals surface area contributed by atoms with Gasteiger partial charge < -0.3 is 10.1 Å². The van der Waals surface area contributed by atoms with Gasteiger partial charge in [-0.15, -0.1) is 11.3 Å². The highest BCUT2D eigenvalue weighted by molar-refractivity contribution is 7.09. The largest absolute Gasteiger partial charge is 0.381 e. The molecule has 1 heterocycles. The first-order valence-corrected chi connectivity index (χ1v) is 6.47. The quantitative estimate of drug-likeness (QED) is 0.659. The van der Waals surface area contributed by atoms with Crippen molar-refractivity contribution in [3.63, 3.8) is 0 Å². The molecule has 0 aliphatic carbocycles. The van der Waals surface area contributed by atoms with E-state index in [-0.39, 0.29) is 0 Å². The van der Waals surface area contributed by atoms with Crippen LogP contribution < -0.4 is 5.32 Å². The molecule has 0 spiro atoms. The van der Waals surface area contributed by atoms with Crippen LogP contribution in [0, 0.1) is 0 Å². The first-order valence-electron chi connectivity index (χ1n) is 5.59. The van der Waals surface area contributed by atoms with Crippen molar-refractivity contribution in [1.82, 2.24) is 10.3 Å². The molecule has 0 atom stereocenters. The van der Waals surface area contributed by atoms with Gasteiger partial charge in [0.25, 0.3) is 0 Å². The van der Waals surface area contributed by atoms with Crippen LogP contribution in [0.1, 0.15) is 31.1 Å². The first-order chi connectivity index (χ1) is 7.43. The Morgan fingerprint density at radius 2 is 2.27 bits per heavy atom. The summed E-state index contributed by atoms with van der Waals surface area (Å²) in [5.74, 6) is 0. The lowest BCUT2D eigenvalue weighted by molar-refractivity contribution is 0.129. The minimum Gasteiger partial charge on any atom is -0.381 e. The number of hydrogen-bond acceptors (Lipinski definition) is 4. The number of nitrogens with one attached hydrogen (secondary N) is 1. The normalized spacial score (nSPS) is 10.7. The zero-order chi connectivity index (χ0) is 10.8. The fraction of sp³-hybridized carbons (Fsp3) is 0.727. The second kappa shape index (κ2) is 8.83. The lowest BCUT2D eigenvalue weighted by atomic mass is 10.3. The maximum Gasteiger partial charge on any atom is 0.0794 e. The van der Waals surface area contributed by atoms with Crippen LogP contribution in [0.25, 0.3) is 0 Å². The summed E-state index contributed by atoms with van der Waals surface area (Å²) < 4.78 is 5.46. The first kappa shape index (κ1) is 12.6. The third-order valence-electron chi connectivity index (χ3n) is 2.07. The summed E-state index contributed by atoms with van der Waals surface area (Å²) in [5.41, 5.74) is 1.87. The summed E-state index contributed by atoms with van der Waals surface area (Å²) in [7, 11) is 0. The highest BCUT2D eigenvalue weighted by Crippen LogP contribution is 2.03. The summed E-state index contributed by atoms with van der Waals surface area (Å²) in [6.07, 6.45) is 5.38. The third-order valence-corrected chi connectivity index (χ3v) is 2.85. The highest BCUT2D eigenvalue weighted by atomic mass is 32.1. The van der Waals surface area contributed by atoms with Gasteiger partial charge in [0.05, 0.1) is 5.51 Å². The summed E-state index contributed by atoms with van der Waals surface area (Å²) in [6.45, 7) is 5.91. The molecule has 15 heavy (non-hydrogen) atoms. The molecule has 4 heteroatoms. The smallest absolute Gasteiger partial charge is 0.0794 e. The van der Waals surface area contributed by atoms with E-state index in [1.807, 2.05) is 11.7 Å².